The lowest BCUT2D eigenvalue weighted by Gasteiger charge is -2.19. The zero-order valence-electron chi connectivity index (χ0n) is 14.7. The van der Waals surface area contributed by atoms with Crippen molar-refractivity contribution in [2.24, 2.45) is 0 Å². The van der Waals surface area contributed by atoms with Crippen molar-refractivity contribution in [3.05, 3.63) is 18.6 Å². The molecule has 0 aliphatic carbocycles. The molecule has 0 aromatic carbocycles. The van der Waals surface area contributed by atoms with E-state index in [1.165, 1.54) is 6.33 Å². The first-order valence-electron chi connectivity index (χ1n) is 7.95. The molecule has 1 saturated heterocycles. The third-order valence-electron chi connectivity index (χ3n) is 3.87. The number of fused-ring (bicyclic) bond motifs is 1. The summed E-state index contributed by atoms with van der Waals surface area (Å²) in [6, 6.07) is 1.64. The number of aromatic nitrogens is 3. The lowest BCUT2D eigenvalue weighted by atomic mass is 10.2. The SMILES string of the molecule is Nc1ncnc2c1ccn2[C@H]1CC(O)[C@@H](COP(=O)(O)OP(=O)(O)OP(=O)(O)O)O1. The number of nitrogen functional groups attached to an aromatic ring is 1. The number of hydrogen-bond acceptors (Lipinski definition) is 11. The topological polar surface area (TPSA) is 246 Å². The number of phosphoric ester groups is 1. The minimum absolute atomic E-state index is 0.0398. The van der Waals surface area contributed by atoms with Crippen LogP contribution in [0.3, 0.4) is 0 Å². The van der Waals surface area contributed by atoms with E-state index in [1.54, 1.807) is 16.8 Å². The zero-order chi connectivity index (χ0) is 22.3. The molecule has 30 heavy (non-hydrogen) atoms. The van der Waals surface area contributed by atoms with Gasteiger partial charge in [0.1, 0.15) is 30.1 Å². The Bertz CT molecular complexity index is 1070. The first-order chi connectivity index (χ1) is 13.8. The highest BCUT2D eigenvalue weighted by Gasteiger charge is 2.42. The Balaban J connectivity index is 1.64. The molecule has 2 aromatic heterocycles. The van der Waals surface area contributed by atoms with Gasteiger partial charge < -0.3 is 39.7 Å². The Morgan fingerprint density at radius 2 is 1.87 bits per heavy atom. The molecule has 0 bridgehead atoms. The second-order valence-electron chi connectivity index (χ2n) is 6.04. The molecule has 5 atom stereocenters. The molecule has 0 radical (unpaired) electrons. The van der Waals surface area contributed by atoms with Crippen molar-refractivity contribution in [1.29, 1.82) is 0 Å². The summed E-state index contributed by atoms with van der Waals surface area (Å²) in [5.74, 6) is 0.238. The molecule has 7 N–H and O–H groups in total. The van der Waals surface area contributed by atoms with Crippen LogP contribution in [0, 0.1) is 0 Å². The third-order valence-corrected chi connectivity index (χ3v) is 7.67. The largest absolute Gasteiger partial charge is 0.490 e. The Kier molecular flexibility index (Phi) is 6.52. The van der Waals surface area contributed by atoms with Crippen molar-refractivity contribution in [1.82, 2.24) is 14.5 Å². The van der Waals surface area contributed by atoms with Crippen LogP contribution in [0.15, 0.2) is 18.6 Å². The van der Waals surface area contributed by atoms with Gasteiger partial charge in [0.05, 0.1) is 18.1 Å². The van der Waals surface area contributed by atoms with Gasteiger partial charge in [-0.25, -0.2) is 23.7 Å². The van der Waals surface area contributed by atoms with Crippen molar-refractivity contribution in [3.8, 4) is 0 Å². The van der Waals surface area contributed by atoms with Gasteiger partial charge in [-0.1, -0.05) is 0 Å². The molecule has 16 nitrogen and oxygen atoms in total. The van der Waals surface area contributed by atoms with Gasteiger partial charge >= 0.3 is 23.5 Å². The predicted molar refractivity (Wildman–Crippen MR) is 96.3 cm³/mol. The van der Waals surface area contributed by atoms with Gasteiger partial charge in [-0.05, 0) is 6.07 Å². The number of phosphoric acid groups is 3. The molecule has 0 saturated carbocycles. The van der Waals surface area contributed by atoms with Crippen LogP contribution in [0.1, 0.15) is 12.6 Å². The lowest BCUT2D eigenvalue weighted by molar-refractivity contribution is -0.0421. The minimum atomic E-state index is -5.63. The average Bonchev–Trinajstić information content (AvgIpc) is 3.14. The van der Waals surface area contributed by atoms with E-state index in [1.807, 2.05) is 0 Å². The maximum atomic E-state index is 11.8. The van der Waals surface area contributed by atoms with Gasteiger partial charge in [-0.3, -0.25) is 4.52 Å². The first-order valence-corrected chi connectivity index (χ1v) is 12.5. The van der Waals surface area contributed by atoms with Crippen molar-refractivity contribution in [2.45, 2.75) is 24.9 Å². The van der Waals surface area contributed by atoms with Crippen LogP contribution in [-0.4, -0.2) is 58.0 Å². The predicted octanol–water partition coefficient (Wildman–Crippen LogP) is 0.00520. The highest BCUT2D eigenvalue weighted by Crippen LogP contribution is 2.66. The highest BCUT2D eigenvalue weighted by atomic mass is 31.3. The summed E-state index contributed by atoms with van der Waals surface area (Å²) in [4.78, 5) is 43.5. The number of nitrogens with two attached hydrogens (primary N) is 1. The molecule has 1 aliphatic heterocycles. The molecule has 1 fully saturated rings. The molecule has 0 spiro atoms. The van der Waals surface area contributed by atoms with Crippen molar-refractivity contribution in [3.63, 3.8) is 0 Å². The molecule has 3 heterocycles. The summed E-state index contributed by atoms with van der Waals surface area (Å²) < 4.78 is 52.5. The molecule has 19 heteroatoms. The van der Waals surface area contributed by atoms with Gasteiger partial charge in [-0.15, -0.1) is 0 Å². The van der Waals surface area contributed by atoms with E-state index in [2.05, 4.69) is 23.1 Å². The van der Waals surface area contributed by atoms with Crippen LogP contribution >= 0.6 is 23.5 Å². The van der Waals surface area contributed by atoms with Gasteiger partial charge in [0.15, 0.2) is 0 Å². The summed E-state index contributed by atoms with van der Waals surface area (Å²) >= 11 is 0. The maximum absolute atomic E-state index is 11.8. The maximum Gasteiger partial charge on any atom is 0.490 e. The fourth-order valence-corrected chi connectivity index (χ4v) is 5.76. The van der Waals surface area contributed by atoms with E-state index in [0.29, 0.717) is 11.0 Å². The Morgan fingerprint density at radius 1 is 1.17 bits per heavy atom. The average molecular weight is 490 g/mol. The van der Waals surface area contributed by atoms with Crippen molar-refractivity contribution >= 4 is 40.3 Å². The summed E-state index contributed by atoms with van der Waals surface area (Å²) in [5, 5.41) is 10.7. The molecule has 168 valence electrons. The van der Waals surface area contributed by atoms with Gasteiger partial charge in [-0.2, -0.15) is 8.62 Å². The van der Waals surface area contributed by atoms with Crippen LogP contribution < -0.4 is 5.73 Å². The molecular formula is C11H17N4O12P3. The van der Waals surface area contributed by atoms with Crippen LogP contribution in [0.5, 0.6) is 0 Å². The van der Waals surface area contributed by atoms with E-state index in [4.69, 9.17) is 25.2 Å². The number of ether oxygens (including phenoxy) is 1. The number of hydrogen-bond donors (Lipinski definition) is 6. The summed E-state index contributed by atoms with van der Waals surface area (Å²) in [7, 11) is -16.4. The van der Waals surface area contributed by atoms with Crippen LogP contribution in [0.25, 0.3) is 11.0 Å². The second-order valence-corrected chi connectivity index (χ2v) is 10.5. The quantitative estimate of drug-likeness (QED) is 0.267. The van der Waals surface area contributed by atoms with E-state index in [9.17, 15) is 23.7 Å². The minimum Gasteiger partial charge on any atom is -0.390 e. The number of aliphatic hydroxyl groups is 1. The fraction of sp³-hybridized carbons (Fsp3) is 0.455. The molecule has 0 amide bonds. The normalized spacial score (nSPS) is 26.5. The second kappa shape index (κ2) is 8.36. The van der Waals surface area contributed by atoms with E-state index >= 15 is 0 Å². The molecule has 1 aliphatic rings. The fourth-order valence-electron chi connectivity index (χ4n) is 2.73. The van der Waals surface area contributed by atoms with Gasteiger partial charge in [0, 0.05) is 12.6 Å². The summed E-state index contributed by atoms with van der Waals surface area (Å²) in [6.07, 6.45) is -0.195. The Labute approximate surface area is 167 Å². The van der Waals surface area contributed by atoms with Gasteiger partial charge in [0.2, 0.25) is 0 Å². The monoisotopic (exact) mass is 490 g/mol. The molecular weight excluding hydrogens is 473 g/mol. The standard InChI is InChI=1S/C11H17N4O12P3/c12-10-6-1-2-15(11(6)14-5-13-10)9-3-7(16)8(25-9)4-24-29(20,21)27-30(22,23)26-28(17,18)19/h1-2,5,7-9,16H,3-4H2,(H,20,21)(H,22,23)(H2,12,13,14)(H2,17,18,19)/t7?,8-,9-/m1/s1. The Hall–Kier alpha value is -1.25. The van der Waals surface area contributed by atoms with Crippen LogP contribution in [-0.2, 0) is 31.6 Å². The van der Waals surface area contributed by atoms with Crippen LogP contribution in [0.4, 0.5) is 5.82 Å². The summed E-state index contributed by atoms with van der Waals surface area (Å²) in [6.45, 7) is -0.766. The number of rotatable bonds is 8. The van der Waals surface area contributed by atoms with E-state index in [0.717, 1.165) is 0 Å². The van der Waals surface area contributed by atoms with Gasteiger partial charge in [0.25, 0.3) is 0 Å². The van der Waals surface area contributed by atoms with E-state index in [-0.39, 0.29) is 12.2 Å². The smallest absolute Gasteiger partial charge is 0.390 e. The molecule has 3 unspecified atom stereocenters. The number of anilines is 1. The molecule has 3 rings (SSSR count). The van der Waals surface area contributed by atoms with E-state index < -0.39 is 48.5 Å². The zero-order valence-corrected chi connectivity index (χ0v) is 17.4. The molecule has 2 aromatic rings. The highest BCUT2D eigenvalue weighted by molar-refractivity contribution is 7.66. The Morgan fingerprint density at radius 3 is 2.53 bits per heavy atom. The van der Waals surface area contributed by atoms with Crippen molar-refractivity contribution < 1.29 is 56.3 Å². The lowest BCUT2D eigenvalue weighted by Crippen LogP contribution is -2.26. The first kappa shape index (κ1) is 23.4. The number of aliphatic hydroxyl groups excluding tert-OH is 1. The third kappa shape index (κ3) is 5.71. The number of nitrogens with zero attached hydrogens (tertiary/aromatic N) is 3. The summed E-state index contributed by atoms with van der Waals surface area (Å²) in [5.41, 5.74) is 6.18. The van der Waals surface area contributed by atoms with Crippen molar-refractivity contribution in [2.75, 3.05) is 12.3 Å². The van der Waals surface area contributed by atoms with Crippen LogP contribution in [0.2, 0.25) is 0 Å².